The summed E-state index contributed by atoms with van der Waals surface area (Å²) in [5, 5.41) is 0. The molecule has 2 aromatic rings. The van der Waals surface area contributed by atoms with Gasteiger partial charge in [0.15, 0.2) is 0 Å². The van der Waals surface area contributed by atoms with E-state index in [1.165, 1.54) is 22.4 Å². The number of hydrogen-bond acceptors (Lipinski definition) is 2. The van der Waals surface area contributed by atoms with Gasteiger partial charge in [-0.2, -0.15) is 0 Å². The van der Waals surface area contributed by atoms with E-state index in [2.05, 4.69) is 72.5 Å². The van der Waals surface area contributed by atoms with Crippen molar-refractivity contribution in [3.8, 4) is 0 Å². The van der Waals surface area contributed by atoms with Gasteiger partial charge in [0.1, 0.15) is 0 Å². The van der Waals surface area contributed by atoms with Crippen LogP contribution in [0.3, 0.4) is 0 Å². The molecule has 2 heteroatoms. The second-order valence-electron chi connectivity index (χ2n) is 5.74. The van der Waals surface area contributed by atoms with E-state index in [-0.39, 0.29) is 0 Å². The lowest BCUT2D eigenvalue weighted by atomic mass is 10.0. The molecule has 1 heterocycles. The highest BCUT2D eigenvalue weighted by Crippen LogP contribution is 2.22. The summed E-state index contributed by atoms with van der Waals surface area (Å²) in [6.45, 7) is 5.69. The highest BCUT2D eigenvalue weighted by molar-refractivity contribution is 5.64. The summed E-state index contributed by atoms with van der Waals surface area (Å²) in [5.74, 6) is 0. The molecule has 0 amide bonds. The smallest absolute Gasteiger partial charge is 0.0642 e. The normalized spacial score (nSPS) is 15.9. The number of ether oxygens (including phenoxy) is 1. The van der Waals surface area contributed by atoms with Crippen LogP contribution in [-0.4, -0.2) is 31.2 Å². The first kappa shape index (κ1) is 14.9. The minimum absolute atomic E-state index is 0.814. The average Bonchev–Trinajstić information content (AvgIpc) is 2.58. The molecule has 22 heavy (non-hydrogen) atoms. The number of morpholine rings is 1. The van der Waals surface area contributed by atoms with Gasteiger partial charge >= 0.3 is 0 Å². The Kier molecular flexibility index (Phi) is 4.92. The van der Waals surface area contributed by atoms with Crippen molar-refractivity contribution in [2.45, 2.75) is 13.3 Å². The van der Waals surface area contributed by atoms with E-state index < -0.39 is 0 Å². The molecule has 1 aliphatic rings. The van der Waals surface area contributed by atoms with E-state index in [9.17, 15) is 0 Å². The van der Waals surface area contributed by atoms with Gasteiger partial charge in [-0.1, -0.05) is 66.2 Å². The Bertz CT molecular complexity index is 610. The summed E-state index contributed by atoms with van der Waals surface area (Å²) in [7, 11) is 0. The third-order valence-electron chi connectivity index (χ3n) is 4.07. The lowest BCUT2D eigenvalue weighted by molar-refractivity contribution is 0.0639. The van der Waals surface area contributed by atoms with Crippen LogP contribution in [0.4, 0.5) is 0 Å². The molecule has 2 nitrogen and oxygen atoms in total. The van der Waals surface area contributed by atoms with Crippen molar-refractivity contribution in [2.75, 3.05) is 26.3 Å². The van der Waals surface area contributed by atoms with Crippen LogP contribution in [0.15, 0.2) is 60.7 Å². The van der Waals surface area contributed by atoms with Crippen molar-refractivity contribution < 1.29 is 4.74 Å². The molecule has 1 aliphatic heterocycles. The van der Waals surface area contributed by atoms with Gasteiger partial charge in [0.2, 0.25) is 0 Å². The largest absolute Gasteiger partial charge is 0.378 e. The van der Waals surface area contributed by atoms with Crippen LogP contribution in [-0.2, 0) is 11.2 Å². The molecule has 0 aromatic heterocycles. The van der Waals surface area contributed by atoms with Crippen LogP contribution in [0.25, 0.3) is 5.70 Å². The van der Waals surface area contributed by atoms with E-state index in [0.29, 0.717) is 0 Å². The Balaban J connectivity index is 1.86. The fourth-order valence-corrected chi connectivity index (χ4v) is 2.79. The SMILES string of the molecule is Cc1ccc(/C(=C\Cc2ccccc2)N2CCOCC2)cc1. The molecule has 1 fully saturated rings. The summed E-state index contributed by atoms with van der Waals surface area (Å²) in [6.07, 6.45) is 3.31. The van der Waals surface area contributed by atoms with Crippen molar-refractivity contribution in [1.29, 1.82) is 0 Å². The third-order valence-corrected chi connectivity index (χ3v) is 4.07. The minimum atomic E-state index is 0.814. The van der Waals surface area contributed by atoms with Crippen molar-refractivity contribution >= 4 is 5.70 Å². The van der Waals surface area contributed by atoms with E-state index in [1.54, 1.807) is 0 Å². The first-order valence-electron chi connectivity index (χ1n) is 7.97. The Morgan fingerprint density at radius 2 is 1.68 bits per heavy atom. The first-order valence-corrected chi connectivity index (χ1v) is 7.97. The highest BCUT2D eigenvalue weighted by Gasteiger charge is 2.15. The second-order valence-corrected chi connectivity index (χ2v) is 5.74. The van der Waals surface area contributed by atoms with Gasteiger partial charge in [-0.05, 0) is 24.5 Å². The molecule has 0 spiro atoms. The number of hydrogen-bond donors (Lipinski definition) is 0. The maximum Gasteiger partial charge on any atom is 0.0642 e. The van der Waals surface area contributed by atoms with Crippen LogP contribution >= 0.6 is 0 Å². The lowest BCUT2D eigenvalue weighted by Gasteiger charge is -2.31. The van der Waals surface area contributed by atoms with E-state index in [0.717, 1.165) is 32.7 Å². The number of aryl methyl sites for hydroxylation is 1. The average molecular weight is 293 g/mol. The van der Waals surface area contributed by atoms with Gasteiger partial charge in [0, 0.05) is 18.8 Å². The fourth-order valence-electron chi connectivity index (χ4n) is 2.79. The number of benzene rings is 2. The van der Waals surface area contributed by atoms with E-state index >= 15 is 0 Å². The maximum absolute atomic E-state index is 5.50. The highest BCUT2D eigenvalue weighted by atomic mass is 16.5. The third kappa shape index (κ3) is 3.77. The Labute approximate surface area is 133 Å². The molecule has 0 aliphatic carbocycles. The number of nitrogens with zero attached hydrogens (tertiary/aromatic N) is 1. The van der Waals surface area contributed by atoms with Crippen molar-refractivity contribution in [2.24, 2.45) is 0 Å². The standard InChI is InChI=1S/C20H23NO/c1-17-7-10-19(11-8-17)20(21-13-15-22-16-14-21)12-9-18-5-3-2-4-6-18/h2-8,10-12H,9,13-16H2,1H3/b20-12+. The molecular formula is C20H23NO. The molecule has 114 valence electrons. The van der Waals surface area contributed by atoms with Crippen LogP contribution in [0.1, 0.15) is 16.7 Å². The molecule has 3 rings (SSSR count). The molecule has 0 bridgehead atoms. The second kappa shape index (κ2) is 7.28. The first-order chi connectivity index (χ1) is 10.8. The quantitative estimate of drug-likeness (QED) is 0.847. The summed E-state index contributed by atoms with van der Waals surface area (Å²) < 4.78 is 5.50. The van der Waals surface area contributed by atoms with E-state index in [4.69, 9.17) is 4.74 Å². The molecule has 1 saturated heterocycles. The summed E-state index contributed by atoms with van der Waals surface area (Å²) >= 11 is 0. The number of rotatable bonds is 4. The molecule has 0 saturated carbocycles. The topological polar surface area (TPSA) is 12.5 Å². The molecule has 0 atom stereocenters. The summed E-state index contributed by atoms with van der Waals surface area (Å²) in [5.41, 5.74) is 5.27. The minimum Gasteiger partial charge on any atom is -0.378 e. The predicted octanol–water partition coefficient (Wildman–Crippen LogP) is 3.91. The Hall–Kier alpha value is -2.06. The van der Waals surface area contributed by atoms with Gasteiger partial charge in [-0.15, -0.1) is 0 Å². The Morgan fingerprint density at radius 3 is 2.36 bits per heavy atom. The summed E-state index contributed by atoms with van der Waals surface area (Å²) in [4.78, 5) is 2.44. The zero-order valence-corrected chi connectivity index (χ0v) is 13.2. The van der Waals surface area contributed by atoms with Crippen LogP contribution in [0.5, 0.6) is 0 Å². The Morgan fingerprint density at radius 1 is 1.00 bits per heavy atom. The monoisotopic (exact) mass is 293 g/mol. The van der Waals surface area contributed by atoms with Crippen LogP contribution in [0, 0.1) is 6.92 Å². The molecular weight excluding hydrogens is 270 g/mol. The van der Waals surface area contributed by atoms with Crippen LogP contribution in [0.2, 0.25) is 0 Å². The van der Waals surface area contributed by atoms with Crippen molar-refractivity contribution in [3.63, 3.8) is 0 Å². The summed E-state index contributed by atoms with van der Waals surface area (Å²) in [6, 6.07) is 19.5. The van der Waals surface area contributed by atoms with E-state index in [1.807, 2.05) is 0 Å². The molecule has 0 N–H and O–H groups in total. The fraction of sp³-hybridized carbons (Fsp3) is 0.300. The maximum atomic E-state index is 5.50. The zero-order chi connectivity index (χ0) is 15.2. The van der Waals surface area contributed by atoms with Crippen LogP contribution < -0.4 is 0 Å². The lowest BCUT2D eigenvalue weighted by Crippen LogP contribution is -2.35. The number of allylic oxidation sites excluding steroid dienone is 1. The van der Waals surface area contributed by atoms with Gasteiger partial charge in [0.05, 0.1) is 13.2 Å². The van der Waals surface area contributed by atoms with Crippen molar-refractivity contribution in [1.82, 2.24) is 4.90 Å². The zero-order valence-electron chi connectivity index (χ0n) is 13.2. The van der Waals surface area contributed by atoms with Crippen molar-refractivity contribution in [3.05, 3.63) is 77.4 Å². The predicted molar refractivity (Wildman–Crippen MR) is 91.7 cm³/mol. The van der Waals surface area contributed by atoms with Gasteiger partial charge < -0.3 is 9.64 Å². The van der Waals surface area contributed by atoms with Gasteiger partial charge in [-0.3, -0.25) is 0 Å². The molecule has 0 radical (unpaired) electrons. The van der Waals surface area contributed by atoms with Gasteiger partial charge in [0.25, 0.3) is 0 Å². The molecule has 0 unspecified atom stereocenters. The van der Waals surface area contributed by atoms with Gasteiger partial charge in [-0.25, -0.2) is 0 Å². The molecule has 2 aromatic carbocycles.